The van der Waals surface area contributed by atoms with Gasteiger partial charge in [-0.15, -0.1) is 0 Å². The molecular formula is C13H29NO3. The molecule has 0 aromatic rings. The van der Waals surface area contributed by atoms with Gasteiger partial charge in [0.2, 0.25) is 0 Å². The van der Waals surface area contributed by atoms with Gasteiger partial charge in [-0.2, -0.15) is 0 Å². The van der Waals surface area contributed by atoms with Gasteiger partial charge in [-0.1, -0.05) is 6.92 Å². The van der Waals surface area contributed by atoms with Crippen LogP contribution in [0.3, 0.4) is 0 Å². The Hall–Kier alpha value is -0.160. The highest BCUT2D eigenvalue weighted by molar-refractivity contribution is 4.81. The number of methoxy groups -OCH3 is 1. The summed E-state index contributed by atoms with van der Waals surface area (Å²) < 4.78 is 10.4. The van der Waals surface area contributed by atoms with Crippen molar-refractivity contribution < 1.29 is 14.6 Å². The van der Waals surface area contributed by atoms with Crippen LogP contribution in [0.2, 0.25) is 0 Å². The first-order valence-corrected chi connectivity index (χ1v) is 6.61. The van der Waals surface area contributed by atoms with Crippen LogP contribution in [0.25, 0.3) is 0 Å². The van der Waals surface area contributed by atoms with Crippen LogP contribution in [0.4, 0.5) is 0 Å². The molecule has 104 valence electrons. The smallest absolute Gasteiger partial charge is 0.0610 e. The normalized spacial score (nSPS) is 14.8. The second kappa shape index (κ2) is 11.0. The zero-order valence-electron chi connectivity index (χ0n) is 11.6. The van der Waals surface area contributed by atoms with Crippen LogP contribution in [0.5, 0.6) is 0 Å². The van der Waals surface area contributed by atoms with Crippen molar-refractivity contribution in [2.75, 3.05) is 40.1 Å². The molecule has 0 rings (SSSR count). The van der Waals surface area contributed by atoms with Crippen molar-refractivity contribution in [3.8, 4) is 0 Å². The van der Waals surface area contributed by atoms with Crippen molar-refractivity contribution in [3.05, 3.63) is 0 Å². The fraction of sp³-hybridized carbons (Fsp3) is 1.00. The van der Waals surface area contributed by atoms with E-state index in [2.05, 4.69) is 19.2 Å². The van der Waals surface area contributed by atoms with Gasteiger partial charge < -0.3 is 19.9 Å². The van der Waals surface area contributed by atoms with E-state index < -0.39 is 0 Å². The molecule has 0 spiro atoms. The summed E-state index contributed by atoms with van der Waals surface area (Å²) in [7, 11) is 1.70. The Labute approximate surface area is 106 Å². The number of ether oxygens (including phenoxy) is 2. The second-order valence-electron chi connectivity index (χ2n) is 4.71. The molecule has 4 heteroatoms. The van der Waals surface area contributed by atoms with E-state index in [-0.39, 0.29) is 12.1 Å². The molecule has 17 heavy (non-hydrogen) atoms. The van der Waals surface area contributed by atoms with E-state index in [1.807, 2.05) is 0 Å². The summed E-state index contributed by atoms with van der Waals surface area (Å²) in [5.41, 5.74) is -0.161. The number of nitrogens with one attached hydrogen (secondary N) is 1. The van der Waals surface area contributed by atoms with E-state index in [9.17, 15) is 5.11 Å². The molecule has 0 fully saturated rings. The number of hydrogen-bond acceptors (Lipinski definition) is 4. The van der Waals surface area contributed by atoms with E-state index in [1.54, 1.807) is 7.11 Å². The van der Waals surface area contributed by atoms with Gasteiger partial charge in [-0.05, 0) is 39.2 Å². The molecule has 1 unspecified atom stereocenters. The summed E-state index contributed by atoms with van der Waals surface area (Å²) in [5, 5.41) is 12.7. The third kappa shape index (κ3) is 9.53. The lowest BCUT2D eigenvalue weighted by Crippen LogP contribution is -2.46. The third-order valence-electron chi connectivity index (χ3n) is 2.81. The Morgan fingerprint density at radius 1 is 1.18 bits per heavy atom. The van der Waals surface area contributed by atoms with Gasteiger partial charge in [0, 0.05) is 32.5 Å². The largest absolute Gasteiger partial charge is 0.394 e. The fourth-order valence-electron chi connectivity index (χ4n) is 1.62. The maximum Gasteiger partial charge on any atom is 0.0610 e. The highest BCUT2D eigenvalue weighted by Crippen LogP contribution is 2.11. The molecule has 0 saturated carbocycles. The molecule has 0 aromatic carbocycles. The Balaban J connectivity index is 3.48. The predicted molar refractivity (Wildman–Crippen MR) is 70.3 cm³/mol. The summed E-state index contributed by atoms with van der Waals surface area (Å²) in [6.45, 7) is 7.59. The summed E-state index contributed by atoms with van der Waals surface area (Å²) in [5.74, 6) is 0. The molecule has 4 nitrogen and oxygen atoms in total. The highest BCUT2D eigenvalue weighted by Gasteiger charge is 2.21. The molecule has 0 amide bonds. The molecule has 2 N–H and O–H groups in total. The van der Waals surface area contributed by atoms with Gasteiger partial charge >= 0.3 is 0 Å². The minimum absolute atomic E-state index is 0.161. The van der Waals surface area contributed by atoms with Crippen molar-refractivity contribution >= 4 is 0 Å². The molecule has 0 aliphatic heterocycles. The molecule has 0 aromatic heterocycles. The zero-order chi connectivity index (χ0) is 13.0. The van der Waals surface area contributed by atoms with Crippen molar-refractivity contribution in [2.45, 2.75) is 45.1 Å². The van der Waals surface area contributed by atoms with Crippen molar-refractivity contribution in [1.82, 2.24) is 5.32 Å². The zero-order valence-corrected chi connectivity index (χ0v) is 11.6. The van der Waals surface area contributed by atoms with E-state index in [1.165, 1.54) is 0 Å². The lowest BCUT2D eigenvalue weighted by Gasteiger charge is -2.28. The average Bonchev–Trinajstić information content (AvgIpc) is 2.35. The lowest BCUT2D eigenvalue weighted by molar-refractivity contribution is 0.0901. The van der Waals surface area contributed by atoms with Crippen molar-refractivity contribution in [2.24, 2.45) is 0 Å². The van der Waals surface area contributed by atoms with Crippen LogP contribution in [0.1, 0.15) is 39.5 Å². The van der Waals surface area contributed by atoms with Gasteiger partial charge in [0.05, 0.1) is 6.61 Å². The highest BCUT2D eigenvalue weighted by atomic mass is 16.5. The monoisotopic (exact) mass is 247 g/mol. The SMILES string of the molecule is CCCNC(C)(CO)CCCOCCCOC. The Morgan fingerprint density at radius 3 is 2.47 bits per heavy atom. The minimum Gasteiger partial charge on any atom is -0.394 e. The number of rotatable bonds is 12. The van der Waals surface area contributed by atoms with Gasteiger partial charge in [0.25, 0.3) is 0 Å². The quantitative estimate of drug-likeness (QED) is 0.514. The standard InChI is InChI=1S/C13H29NO3/c1-4-8-14-13(2,12-15)7-5-10-17-11-6-9-16-3/h14-15H,4-12H2,1-3H3. The maximum atomic E-state index is 9.36. The Kier molecular flexibility index (Phi) is 10.9. The van der Waals surface area contributed by atoms with Crippen LogP contribution in [-0.2, 0) is 9.47 Å². The second-order valence-corrected chi connectivity index (χ2v) is 4.71. The van der Waals surface area contributed by atoms with Crippen LogP contribution in [0.15, 0.2) is 0 Å². The fourth-order valence-corrected chi connectivity index (χ4v) is 1.62. The van der Waals surface area contributed by atoms with Gasteiger partial charge in [0.15, 0.2) is 0 Å². The molecule has 0 radical (unpaired) electrons. The van der Waals surface area contributed by atoms with Crippen LogP contribution < -0.4 is 5.32 Å². The summed E-state index contributed by atoms with van der Waals surface area (Å²) in [4.78, 5) is 0. The summed E-state index contributed by atoms with van der Waals surface area (Å²) >= 11 is 0. The molecular weight excluding hydrogens is 218 g/mol. The Morgan fingerprint density at radius 2 is 1.88 bits per heavy atom. The topological polar surface area (TPSA) is 50.7 Å². The third-order valence-corrected chi connectivity index (χ3v) is 2.81. The number of aliphatic hydroxyl groups excluding tert-OH is 1. The lowest BCUT2D eigenvalue weighted by atomic mass is 9.97. The first-order chi connectivity index (χ1) is 8.18. The van der Waals surface area contributed by atoms with E-state index >= 15 is 0 Å². The summed E-state index contributed by atoms with van der Waals surface area (Å²) in [6, 6.07) is 0. The minimum atomic E-state index is -0.161. The van der Waals surface area contributed by atoms with Crippen molar-refractivity contribution in [1.29, 1.82) is 0 Å². The van der Waals surface area contributed by atoms with E-state index in [4.69, 9.17) is 9.47 Å². The van der Waals surface area contributed by atoms with Gasteiger partial charge in [0.1, 0.15) is 0 Å². The van der Waals surface area contributed by atoms with Crippen LogP contribution >= 0.6 is 0 Å². The number of aliphatic hydroxyl groups is 1. The van der Waals surface area contributed by atoms with Crippen LogP contribution in [0, 0.1) is 0 Å². The molecule has 0 aliphatic rings. The molecule has 1 atom stereocenters. The molecule has 0 heterocycles. The van der Waals surface area contributed by atoms with E-state index in [0.29, 0.717) is 0 Å². The number of hydrogen-bond donors (Lipinski definition) is 2. The van der Waals surface area contributed by atoms with Gasteiger partial charge in [-0.3, -0.25) is 0 Å². The first-order valence-electron chi connectivity index (χ1n) is 6.61. The maximum absolute atomic E-state index is 9.36. The van der Waals surface area contributed by atoms with Crippen molar-refractivity contribution in [3.63, 3.8) is 0 Å². The van der Waals surface area contributed by atoms with E-state index in [0.717, 1.165) is 52.0 Å². The molecule has 0 bridgehead atoms. The van der Waals surface area contributed by atoms with Gasteiger partial charge in [-0.25, -0.2) is 0 Å². The average molecular weight is 247 g/mol. The predicted octanol–water partition coefficient (Wildman–Crippen LogP) is 1.57. The first kappa shape index (κ1) is 16.8. The summed E-state index contributed by atoms with van der Waals surface area (Å²) in [6.07, 6.45) is 3.94. The van der Waals surface area contributed by atoms with Crippen LogP contribution in [-0.4, -0.2) is 50.7 Å². The molecule has 0 saturated heterocycles. The Bertz CT molecular complexity index is 167. The molecule has 0 aliphatic carbocycles.